The van der Waals surface area contributed by atoms with E-state index >= 15 is 0 Å². The van der Waals surface area contributed by atoms with Crippen molar-refractivity contribution in [3.8, 4) is 0 Å². The first kappa shape index (κ1) is 16.1. The molecule has 0 saturated carbocycles. The Hall–Kier alpha value is -2.41. The Kier molecular flexibility index (Phi) is 3.95. The van der Waals surface area contributed by atoms with Crippen molar-refractivity contribution in [3.05, 3.63) is 34.9 Å². The lowest BCUT2D eigenvalue weighted by atomic mass is 10.1. The summed E-state index contributed by atoms with van der Waals surface area (Å²) in [6.45, 7) is 4.38. The molecule has 3 heterocycles. The van der Waals surface area contributed by atoms with E-state index < -0.39 is 0 Å². The van der Waals surface area contributed by atoms with E-state index in [9.17, 15) is 9.59 Å². The van der Waals surface area contributed by atoms with Crippen LogP contribution in [0.2, 0.25) is 0 Å². The molecule has 2 aliphatic heterocycles. The number of aromatic nitrogens is 2. The fourth-order valence-electron chi connectivity index (χ4n) is 3.83. The van der Waals surface area contributed by atoms with Crippen LogP contribution in [0.15, 0.2) is 29.3 Å². The maximum absolute atomic E-state index is 12.2. The van der Waals surface area contributed by atoms with Crippen LogP contribution in [0.5, 0.6) is 0 Å². The van der Waals surface area contributed by atoms with E-state index in [1.165, 1.54) is 4.57 Å². The summed E-state index contributed by atoms with van der Waals surface area (Å²) in [5, 5.41) is 0.645. The summed E-state index contributed by atoms with van der Waals surface area (Å²) in [7, 11) is 3.59. The smallest absolute Gasteiger partial charge is 0.260 e. The second-order valence-electron chi connectivity index (χ2n) is 6.95. The quantitative estimate of drug-likeness (QED) is 0.786. The molecule has 1 amide bonds. The standard InChI is InChI=1S/C18H23N5O2/c1-20-6-5-16(18(20)25)23-9-7-22(8-10-23)13-3-4-14-15(11-13)19-12-21(2)17(14)24/h3-4,11-12,16H,5-10H2,1-2H3. The average Bonchev–Trinajstić information content (AvgIpc) is 2.97. The molecule has 7 nitrogen and oxygen atoms in total. The second kappa shape index (κ2) is 6.15. The van der Waals surface area contributed by atoms with Gasteiger partial charge >= 0.3 is 0 Å². The summed E-state index contributed by atoms with van der Waals surface area (Å²) in [6.07, 6.45) is 2.49. The normalized spacial score (nSPS) is 22.2. The zero-order valence-corrected chi connectivity index (χ0v) is 14.7. The van der Waals surface area contributed by atoms with Crippen LogP contribution in [0.4, 0.5) is 5.69 Å². The Balaban J connectivity index is 1.49. The summed E-state index contributed by atoms with van der Waals surface area (Å²) in [5.74, 6) is 0.249. The van der Waals surface area contributed by atoms with Crippen LogP contribution < -0.4 is 10.5 Å². The lowest BCUT2D eigenvalue weighted by Crippen LogP contribution is -2.52. The number of amides is 1. The van der Waals surface area contributed by atoms with E-state index in [-0.39, 0.29) is 17.5 Å². The van der Waals surface area contributed by atoms with Crippen LogP contribution in [-0.2, 0) is 11.8 Å². The monoisotopic (exact) mass is 341 g/mol. The molecule has 0 bridgehead atoms. The minimum atomic E-state index is -0.0229. The van der Waals surface area contributed by atoms with E-state index in [0.29, 0.717) is 5.39 Å². The van der Waals surface area contributed by atoms with Gasteiger partial charge in [-0.1, -0.05) is 0 Å². The van der Waals surface area contributed by atoms with Gasteiger partial charge in [-0.2, -0.15) is 0 Å². The van der Waals surface area contributed by atoms with Crippen molar-refractivity contribution in [2.45, 2.75) is 12.5 Å². The molecular formula is C18H23N5O2. The molecule has 4 rings (SSSR count). The molecule has 132 valence electrons. The maximum atomic E-state index is 12.2. The van der Waals surface area contributed by atoms with Gasteiger partial charge in [0.1, 0.15) is 0 Å². The Bertz CT molecular complexity index is 869. The number of aryl methyl sites for hydroxylation is 1. The molecular weight excluding hydrogens is 318 g/mol. The summed E-state index contributed by atoms with van der Waals surface area (Å²) < 4.78 is 1.50. The highest BCUT2D eigenvalue weighted by molar-refractivity contribution is 5.84. The van der Waals surface area contributed by atoms with Crippen molar-refractivity contribution in [1.82, 2.24) is 19.4 Å². The van der Waals surface area contributed by atoms with Crippen molar-refractivity contribution >= 4 is 22.5 Å². The van der Waals surface area contributed by atoms with E-state index in [1.54, 1.807) is 13.4 Å². The largest absolute Gasteiger partial charge is 0.369 e. The van der Waals surface area contributed by atoms with Crippen molar-refractivity contribution in [2.75, 3.05) is 44.7 Å². The van der Waals surface area contributed by atoms with Crippen molar-refractivity contribution in [1.29, 1.82) is 0 Å². The summed E-state index contributed by atoms with van der Waals surface area (Å²) in [4.78, 5) is 35.1. The molecule has 2 fully saturated rings. The fourth-order valence-corrected chi connectivity index (χ4v) is 3.83. The van der Waals surface area contributed by atoms with Gasteiger partial charge in [0.25, 0.3) is 5.56 Å². The van der Waals surface area contributed by atoms with E-state index in [0.717, 1.165) is 50.3 Å². The number of anilines is 1. The first-order valence-electron chi connectivity index (χ1n) is 8.74. The molecule has 1 unspecified atom stereocenters. The SMILES string of the molecule is CN1CCC(N2CCN(c3ccc4c(=O)n(C)cnc4c3)CC2)C1=O. The molecule has 1 atom stereocenters. The Morgan fingerprint density at radius 3 is 2.48 bits per heavy atom. The maximum Gasteiger partial charge on any atom is 0.260 e. The van der Waals surface area contributed by atoms with Crippen LogP contribution in [0, 0.1) is 0 Å². The molecule has 25 heavy (non-hydrogen) atoms. The minimum Gasteiger partial charge on any atom is -0.369 e. The molecule has 7 heteroatoms. The number of benzene rings is 1. The van der Waals surface area contributed by atoms with Crippen LogP contribution >= 0.6 is 0 Å². The molecule has 0 N–H and O–H groups in total. The van der Waals surface area contributed by atoms with Gasteiger partial charge in [-0.3, -0.25) is 14.5 Å². The van der Waals surface area contributed by atoms with Gasteiger partial charge in [0.05, 0.1) is 23.3 Å². The van der Waals surface area contributed by atoms with Crippen molar-refractivity contribution in [2.24, 2.45) is 7.05 Å². The van der Waals surface area contributed by atoms with Crippen LogP contribution in [-0.4, -0.2) is 71.1 Å². The van der Waals surface area contributed by atoms with Gasteiger partial charge in [-0.05, 0) is 24.6 Å². The number of carbonyl (C=O) groups excluding carboxylic acids is 1. The lowest BCUT2D eigenvalue weighted by Gasteiger charge is -2.38. The number of piperazine rings is 1. The van der Waals surface area contributed by atoms with E-state index in [4.69, 9.17) is 0 Å². The Labute approximate surface area is 146 Å². The highest BCUT2D eigenvalue weighted by Gasteiger charge is 2.35. The zero-order valence-electron chi connectivity index (χ0n) is 14.7. The Morgan fingerprint density at radius 1 is 1.04 bits per heavy atom. The van der Waals surface area contributed by atoms with Crippen LogP contribution in [0.1, 0.15) is 6.42 Å². The minimum absolute atomic E-state index is 0.0229. The van der Waals surface area contributed by atoms with Gasteiger partial charge in [-0.25, -0.2) is 4.98 Å². The number of carbonyl (C=O) groups is 1. The number of likely N-dealkylation sites (tertiary alicyclic amines) is 1. The van der Waals surface area contributed by atoms with Gasteiger partial charge < -0.3 is 14.4 Å². The van der Waals surface area contributed by atoms with Crippen molar-refractivity contribution < 1.29 is 4.79 Å². The summed E-state index contributed by atoms with van der Waals surface area (Å²) in [6, 6.07) is 5.90. The van der Waals surface area contributed by atoms with Crippen LogP contribution in [0.3, 0.4) is 0 Å². The third-order valence-corrected chi connectivity index (χ3v) is 5.42. The molecule has 0 radical (unpaired) electrons. The van der Waals surface area contributed by atoms with Crippen LogP contribution in [0.25, 0.3) is 10.9 Å². The Morgan fingerprint density at radius 2 is 1.80 bits per heavy atom. The molecule has 2 saturated heterocycles. The number of hydrogen-bond donors (Lipinski definition) is 0. The zero-order chi connectivity index (χ0) is 17.6. The topological polar surface area (TPSA) is 61.7 Å². The number of rotatable bonds is 2. The van der Waals surface area contributed by atoms with Gasteiger partial charge in [0.2, 0.25) is 5.91 Å². The fraction of sp³-hybridized carbons (Fsp3) is 0.500. The number of likely N-dealkylation sites (N-methyl/N-ethyl adjacent to an activating group) is 1. The average molecular weight is 341 g/mol. The second-order valence-corrected chi connectivity index (χ2v) is 6.95. The summed E-state index contributed by atoms with van der Waals surface area (Å²) >= 11 is 0. The molecule has 0 aliphatic carbocycles. The van der Waals surface area contributed by atoms with E-state index in [1.807, 2.05) is 30.1 Å². The number of nitrogens with zero attached hydrogens (tertiary/aromatic N) is 5. The van der Waals surface area contributed by atoms with Gasteiger partial charge in [-0.15, -0.1) is 0 Å². The molecule has 1 aromatic carbocycles. The lowest BCUT2D eigenvalue weighted by molar-refractivity contribution is -0.131. The first-order valence-corrected chi connectivity index (χ1v) is 8.74. The first-order chi connectivity index (χ1) is 12.0. The third-order valence-electron chi connectivity index (χ3n) is 5.42. The molecule has 1 aromatic heterocycles. The highest BCUT2D eigenvalue weighted by atomic mass is 16.2. The van der Waals surface area contributed by atoms with Gasteiger partial charge in [0, 0.05) is 52.5 Å². The predicted molar refractivity (Wildman–Crippen MR) is 96.8 cm³/mol. The molecule has 2 aromatic rings. The summed E-state index contributed by atoms with van der Waals surface area (Å²) in [5.41, 5.74) is 1.80. The molecule has 0 spiro atoms. The third kappa shape index (κ3) is 2.78. The van der Waals surface area contributed by atoms with Crippen molar-refractivity contribution in [3.63, 3.8) is 0 Å². The predicted octanol–water partition coefficient (Wildman–Crippen LogP) is 0.286. The van der Waals surface area contributed by atoms with E-state index in [2.05, 4.69) is 14.8 Å². The molecule has 2 aliphatic rings. The number of fused-ring (bicyclic) bond motifs is 1. The van der Waals surface area contributed by atoms with Gasteiger partial charge in [0.15, 0.2) is 0 Å². The highest BCUT2D eigenvalue weighted by Crippen LogP contribution is 2.23. The number of hydrogen-bond acceptors (Lipinski definition) is 5.